The highest BCUT2D eigenvalue weighted by atomic mass is 32.2. The zero-order chi connectivity index (χ0) is 14.3. The predicted molar refractivity (Wildman–Crippen MR) is 75.0 cm³/mol. The fourth-order valence-electron chi connectivity index (χ4n) is 1.95. The number of aromatic amines is 2. The Morgan fingerprint density at radius 1 is 1.15 bits per heavy atom. The summed E-state index contributed by atoms with van der Waals surface area (Å²) in [6, 6.07) is 5.13. The van der Waals surface area contributed by atoms with E-state index in [0.717, 1.165) is 16.9 Å². The van der Waals surface area contributed by atoms with E-state index in [1.165, 1.54) is 6.20 Å². The number of hydrogen-bond acceptors (Lipinski definition) is 4. The minimum absolute atomic E-state index is 0.0379. The molecule has 0 aliphatic heterocycles. The first-order valence-corrected chi connectivity index (χ1v) is 7.43. The number of imidazole rings is 2. The van der Waals surface area contributed by atoms with E-state index in [1.54, 1.807) is 25.1 Å². The Morgan fingerprint density at radius 3 is 2.65 bits per heavy atom. The van der Waals surface area contributed by atoms with Crippen LogP contribution >= 0.6 is 0 Å². The normalized spacial score (nSPS) is 11.9. The number of rotatable bonds is 3. The van der Waals surface area contributed by atoms with E-state index in [0.29, 0.717) is 11.5 Å². The van der Waals surface area contributed by atoms with E-state index in [4.69, 9.17) is 0 Å². The average molecular weight is 291 g/mol. The van der Waals surface area contributed by atoms with E-state index in [9.17, 15) is 8.42 Å². The fraction of sp³-hybridized carbons (Fsp3) is 0.167. The molecule has 20 heavy (non-hydrogen) atoms. The highest BCUT2D eigenvalue weighted by Gasteiger charge is 2.16. The Hall–Kier alpha value is -2.35. The molecule has 3 rings (SSSR count). The van der Waals surface area contributed by atoms with E-state index in [-0.39, 0.29) is 5.03 Å². The number of H-pyrrole nitrogens is 2. The van der Waals surface area contributed by atoms with Crippen LogP contribution in [-0.2, 0) is 10.0 Å². The molecule has 3 N–H and O–H groups in total. The summed E-state index contributed by atoms with van der Waals surface area (Å²) in [6.45, 7) is 3.54. The standard InChI is InChI=1S/C12H13N5O2S/c1-7-13-6-12(16-7)20(18,19)17-9-3-4-10-11(5-9)15-8(2)14-10/h3-6,17H,1-2H3,(H,13,16)(H,14,15). The monoisotopic (exact) mass is 291 g/mol. The quantitative estimate of drug-likeness (QED) is 0.683. The molecule has 7 nitrogen and oxygen atoms in total. The average Bonchev–Trinajstić information content (AvgIpc) is 2.93. The lowest BCUT2D eigenvalue weighted by Gasteiger charge is -2.05. The highest BCUT2D eigenvalue weighted by molar-refractivity contribution is 7.92. The third kappa shape index (κ3) is 2.25. The van der Waals surface area contributed by atoms with Gasteiger partial charge in [0.15, 0.2) is 5.03 Å². The lowest BCUT2D eigenvalue weighted by Crippen LogP contribution is -2.13. The Kier molecular flexibility index (Phi) is 2.75. The SMILES string of the molecule is Cc1ncc(S(=O)(=O)Nc2ccc3nc(C)[nH]c3c2)[nH]1. The predicted octanol–water partition coefficient (Wildman–Crippen LogP) is 1.70. The molecule has 0 bridgehead atoms. The molecule has 0 amide bonds. The van der Waals surface area contributed by atoms with Crippen LogP contribution in [-0.4, -0.2) is 28.4 Å². The van der Waals surface area contributed by atoms with Gasteiger partial charge in [0.2, 0.25) is 0 Å². The van der Waals surface area contributed by atoms with E-state index in [2.05, 4.69) is 24.7 Å². The van der Waals surface area contributed by atoms with Crippen molar-refractivity contribution in [3.8, 4) is 0 Å². The summed E-state index contributed by atoms with van der Waals surface area (Å²) < 4.78 is 26.8. The van der Waals surface area contributed by atoms with Gasteiger partial charge in [0.25, 0.3) is 10.0 Å². The molecular formula is C12H13N5O2S. The van der Waals surface area contributed by atoms with Crippen LogP contribution in [0.4, 0.5) is 5.69 Å². The van der Waals surface area contributed by atoms with Gasteiger partial charge in [0.1, 0.15) is 11.6 Å². The minimum atomic E-state index is -3.66. The third-order valence-corrected chi connectivity index (χ3v) is 4.11. The van der Waals surface area contributed by atoms with Crippen molar-refractivity contribution in [2.75, 3.05) is 4.72 Å². The molecule has 0 saturated heterocycles. The maximum atomic E-state index is 12.1. The highest BCUT2D eigenvalue weighted by Crippen LogP contribution is 2.19. The smallest absolute Gasteiger partial charge is 0.278 e. The molecular weight excluding hydrogens is 278 g/mol. The molecule has 0 fully saturated rings. The Balaban J connectivity index is 1.96. The number of aromatic nitrogens is 4. The van der Waals surface area contributed by atoms with Crippen LogP contribution in [0.2, 0.25) is 0 Å². The van der Waals surface area contributed by atoms with Crippen molar-refractivity contribution in [3.05, 3.63) is 36.0 Å². The summed E-state index contributed by atoms with van der Waals surface area (Å²) in [7, 11) is -3.66. The summed E-state index contributed by atoms with van der Waals surface area (Å²) in [5.74, 6) is 1.33. The second-order valence-corrected chi connectivity index (χ2v) is 6.14. The molecule has 0 spiro atoms. The van der Waals surface area contributed by atoms with Crippen molar-refractivity contribution in [1.82, 2.24) is 19.9 Å². The maximum absolute atomic E-state index is 12.1. The van der Waals surface area contributed by atoms with Gasteiger partial charge >= 0.3 is 0 Å². The van der Waals surface area contributed by atoms with Gasteiger partial charge in [-0.05, 0) is 32.0 Å². The lowest BCUT2D eigenvalue weighted by molar-refractivity contribution is 0.598. The van der Waals surface area contributed by atoms with E-state index >= 15 is 0 Å². The first-order chi connectivity index (χ1) is 9.44. The first kappa shape index (κ1) is 12.7. The summed E-state index contributed by atoms with van der Waals surface area (Å²) in [5.41, 5.74) is 2.04. The van der Waals surface area contributed by atoms with Gasteiger partial charge in [-0.2, -0.15) is 8.42 Å². The van der Waals surface area contributed by atoms with Crippen LogP contribution in [0, 0.1) is 13.8 Å². The summed E-state index contributed by atoms with van der Waals surface area (Å²) in [4.78, 5) is 13.9. The van der Waals surface area contributed by atoms with Crippen LogP contribution in [0.25, 0.3) is 11.0 Å². The van der Waals surface area contributed by atoms with Crippen LogP contribution in [0.1, 0.15) is 11.6 Å². The maximum Gasteiger partial charge on any atom is 0.278 e. The number of aryl methyl sites for hydroxylation is 2. The van der Waals surface area contributed by atoms with Gasteiger partial charge in [0.05, 0.1) is 22.9 Å². The van der Waals surface area contributed by atoms with Gasteiger partial charge in [-0.3, -0.25) is 4.72 Å². The molecule has 8 heteroatoms. The van der Waals surface area contributed by atoms with E-state index in [1.807, 2.05) is 6.92 Å². The number of nitrogens with one attached hydrogen (secondary N) is 3. The summed E-state index contributed by atoms with van der Waals surface area (Å²) in [5, 5.41) is 0.0379. The first-order valence-electron chi connectivity index (χ1n) is 5.95. The Bertz CT molecular complexity index is 878. The van der Waals surface area contributed by atoms with Crippen molar-refractivity contribution >= 4 is 26.7 Å². The van der Waals surface area contributed by atoms with Crippen LogP contribution in [0.3, 0.4) is 0 Å². The molecule has 2 heterocycles. The second kappa shape index (κ2) is 4.34. The third-order valence-electron chi connectivity index (χ3n) is 2.82. The molecule has 0 saturated carbocycles. The topological polar surface area (TPSA) is 104 Å². The van der Waals surface area contributed by atoms with Crippen molar-refractivity contribution in [2.24, 2.45) is 0 Å². The molecule has 2 aromatic heterocycles. The van der Waals surface area contributed by atoms with Crippen molar-refractivity contribution in [3.63, 3.8) is 0 Å². The van der Waals surface area contributed by atoms with Crippen molar-refractivity contribution < 1.29 is 8.42 Å². The Morgan fingerprint density at radius 2 is 1.95 bits per heavy atom. The van der Waals surface area contributed by atoms with Gasteiger partial charge in [-0.1, -0.05) is 0 Å². The minimum Gasteiger partial charge on any atom is -0.342 e. The number of fused-ring (bicyclic) bond motifs is 1. The molecule has 0 unspecified atom stereocenters. The summed E-state index contributed by atoms with van der Waals surface area (Å²) >= 11 is 0. The van der Waals surface area contributed by atoms with Crippen LogP contribution < -0.4 is 4.72 Å². The molecule has 0 radical (unpaired) electrons. The van der Waals surface area contributed by atoms with Gasteiger partial charge < -0.3 is 9.97 Å². The molecule has 0 aliphatic carbocycles. The number of nitrogens with zero attached hydrogens (tertiary/aromatic N) is 2. The van der Waals surface area contributed by atoms with Crippen molar-refractivity contribution in [1.29, 1.82) is 0 Å². The molecule has 0 atom stereocenters. The van der Waals surface area contributed by atoms with Crippen LogP contribution in [0.5, 0.6) is 0 Å². The Labute approximate surface area is 115 Å². The largest absolute Gasteiger partial charge is 0.342 e. The fourth-order valence-corrected chi connectivity index (χ4v) is 2.97. The molecule has 3 aromatic rings. The van der Waals surface area contributed by atoms with Crippen molar-refractivity contribution in [2.45, 2.75) is 18.9 Å². The molecule has 1 aromatic carbocycles. The van der Waals surface area contributed by atoms with E-state index < -0.39 is 10.0 Å². The zero-order valence-electron chi connectivity index (χ0n) is 10.9. The van der Waals surface area contributed by atoms with Gasteiger partial charge in [-0.15, -0.1) is 0 Å². The second-order valence-electron chi connectivity index (χ2n) is 4.49. The summed E-state index contributed by atoms with van der Waals surface area (Å²) in [6.07, 6.45) is 1.29. The van der Waals surface area contributed by atoms with Gasteiger partial charge in [0, 0.05) is 0 Å². The van der Waals surface area contributed by atoms with Gasteiger partial charge in [-0.25, -0.2) is 9.97 Å². The number of sulfonamides is 1. The van der Waals surface area contributed by atoms with Crippen LogP contribution in [0.15, 0.2) is 29.4 Å². The zero-order valence-corrected chi connectivity index (χ0v) is 11.7. The number of benzene rings is 1. The molecule has 0 aliphatic rings. The lowest BCUT2D eigenvalue weighted by atomic mass is 10.3. The number of hydrogen-bond donors (Lipinski definition) is 3. The number of anilines is 1. The molecule has 104 valence electrons.